The average Bonchev–Trinajstić information content (AvgIpc) is 3.24. The fourth-order valence-electron chi connectivity index (χ4n) is 4.18. The summed E-state index contributed by atoms with van der Waals surface area (Å²) < 4.78 is 14.8. The smallest absolute Gasteiger partial charge is 0.293 e. The number of nitrogens with zero attached hydrogens (tertiary/aromatic N) is 5. The van der Waals surface area contributed by atoms with Gasteiger partial charge in [-0.15, -0.1) is 0 Å². The van der Waals surface area contributed by atoms with Crippen molar-refractivity contribution in [3.63, 3.8) is 0 Å². The van der Waals surface area contributed by atoms with Gasteiger partial charge in [-0.3, -0.25) is 14.9 Å². The number of nitro groups is 1. The van der Waals surface area contributed by atoms with Gasteiger partial charge in [-0.2, -0.15) is 0 Å². The molecule has 1 saturated heterocycles. The number of benzene rings is 2. The van der Waals surface area contributed by atoms with E-state index in [0.717, 1.165) is 31.6 Å². The van der Waals surface area contributed by atoms with Crippen LogP contribution in [0.15, 0.2) is 54.9 Å². The van der Waals surface area contributed by atoms with Crippen LogP contribution >= 0.6 is 0 Å². The zero-order chi connectivity index (χ0) is 22.8. The minimum Gasteiger partial charge on any atom is -0.371 e. The van der Waals surface area contributed by atoms with Crippen molar-refractivity contribution in [3.05, 3.63) is 82.2 Å². The van der Waals surface area contributed by atoms with E-state index in [-0.39, 0.29) is 34.7 Å². The van der Waals surface area contributed by atoms with Crippen molar-refractivity contribution in [1.29, 1.82) is 0 Å². The lowest BCUT2D eigenvalue weighted by Gasteiger charge is -2.38. The average molecular weight is 437 g/mol. The van der Waals surface area contributed by atoms with Gasteiger partial charge < -0.3 is 14.4 Å². The van der Waals surface area contributed by atoms with Crippen LogP contribution in [-0.4, -0.2) is 46.4 Å². The maximum atomic E-state index is 13.2. The Bertz CT molecular complexity index is 1140. The number of ketones is 1. The topological polar surface area (TPSA) is 84.5 Å². The van der Waals surface area contributed by atoms with Crippen molar-refractivity contribution in [2.45, 2.75) is 18.9 Å². The normalized spacial score (nSPS) is 14.4. The van der Waals surface area contributed by atoms with Crippen molar-refractivity contribution >= 4 is 22.8 Å². The fourth-order valence-corrected chi connectivity index (χ4v) is 4.18. The Morgan fingerprint density at radius 3 is 2.47 bits per heavy atom. The predicted octanol–water partition coefficient (Wildman–Crippen LogP) is 3.80. The van der Waals surface area contributed by atoms with E-state index in [1.54, 1.807) is 42.1 Å². The molecule has 4 rings (SSSR count). The summed E-state index contributed by atoms with van der Waals surface area (Å²) in [5, 5.41) is 11.8. The lowest BCUT2D eigenvalue weighted by molar-refractivity contribution is -0.384. The van der Waals surface area contributed by atoms with E-state index in [9.17, 15) is 19.3 Å². The zero-order valence-corrected chi connectivity index (χ0v) is 17.9. The van der Waals surface area contributed by atoms with Gasteiger partial charge in [0.1, 0.15) is 11.5 Å². The Labute approximate surface area is 185 Å². The Balaban J connectivity index is 1.51. The molecule has 1 aliphatic heterocycles. The van der Waals surface area contributed by atoms with E-state index in [2.05, 4.69) is 9.88 Å². The molecule has 0 amide bonds. The molecule has 166 valence electrons. The number of carbonyl (C=O) groups excluding carboxylic acids is 1. The molecule has 0 aliphatic carbocycles. The van der Waals surface area contributed by atoms with Crippen LogP contribution in [0.25, 0.3) is 0 Å². The maximum Gasteiger partial charge on any atom is 0.293 e. The highest BCUT2D eigenvalue weighted by molar-refractivity contribution is 6.07. The van der Waals surface area contributed by atoms with E-state index in [1.165, 1.54) is 24.4 Å². The first-order chi connectivity index (χ1) is 15.3. The molecule has 2 heterocycles. The van der Waals surface area contributed by atoms with Gasteiger partial charge in [-0.1, -0.05) is 0 Å². The summed E-state index contributed by atoms with van der Waals surface area (Å²) in [6.45, 7) is 1.54. The van der Waals surface area contributed by atoms with E-state index in [0.29, 0.717) is 5.69 Å². The minimum atomic E-state index is -0.450. The predicted molar refractivity (Wildman–Crippen MR) is 120 cm³/mol. The molecule has 2 aromatic carbocycles. The second kappa shape index (κ2) is 8.78. The summed E-state index contributed by atoms with van der Waals surface area (Å²) in [5.41, 5.74) is 1.57. The van der Waals surface area contributed by atoms with Crippen LogP contribution in [-0.2, 0) is 7.05 Å². The second-order valence-corrected chi connectivity index (χ2v) is 7.96. The molecule has 0 spiro atoms. The summed E-state index contributed by atoms with van der Waals surface area (Å²) in [7, 11) is 3.55. The molecule has 0 bridgehead atoms. The molecule has 1 aliphatic rings. The number of aryl methyl sites for hydroxylation is 1. The largest absolute Gasteiger partial charge is 0.371 e. The van der Waals surface area contributed by atoms with Crippen LogP contribution < -0.4 is 9.80 Å². The summed E-state index contributed by atoms with van der Waals surface area (Å²) >= 11 is 0. The molecular formula is C23H24FN5O3. The van der Waals surface area contributed by atoms with Crippen LogP contribution in [0.3, 0.4) is 0 Å². The van der Waals surface area contributed by atoms with Gasteiger partial charge in [-0.05, 0) is 49.2 Å². The van der Waals surface area contributed by atoms with Crippen LogP contribution in [0.2, 0.25) is 0 Å². The van der Waals surface area contributed by atoms with E-state index in [4.69, 9.17) is 0 Å². The van der Waals surface area contributed by atoms with Crippen LogP contribution in [0.1, 0.15) is 29.0 Å². The minimum absolute atomic E-state index is 0.103. The third-order valence-corrected chi connectivity index (χ3v) is 6.04. The molecule has 0 N–H and O–H groups in total. The molecular weight excluding hydrogens is 413 g/mol. The first-order valence-electron chi connectivity index (χ1n) is 10.4. The fraction of sp³-hybridized carbons (Fsp3) is 0.304. The van der Waals surface area contributed by atoms with Gasteiger partial charge in [0.15, 0.2) is 5.82 Å². The quantitative estimate of drug-likeness (QED) is 0.331. The highest BCUT2D eigenvalue weighted by atomic mass is 19.1. The van der Waals surface area contributed by atoms with Crippen LogP contribution in [0.4, 0.5) is 21.5 Å². The molecule has 9 heteroatoms. The standard InChI is InChI=1S/C23H24FN5O3/c1-26-14-11-25-23(26)22(30)16-3-8-20(21(15-16)29(31)32)27(2)18-9-12-28(13-10-18)19-6-4-17(24)5-7-19/h3-8,11,14-15,18H,9-10,12-13H2,1-2H3. The number of rotatable bonds is 6. The number of nitro benzene ring substituents is 1. The van der Waals surface area contributed by atoms with Gasteiger partial charge in [0, 0.05) is 62.9 Å². The van der Waals surface area contributed by atoms with E-state index < -0.39 is 4.92 Å². The molecule has 0 atom stereocenters. The first-order valence-corrected chi connectivity index (χ1v) is 10.4. The lowest BCUT2D eigenvalue weighted by atomic mass is 10.0. The molecule has 0 saturated carbocycles. The highest BCUT2D eigenvalue weighted by Crippen LogP contribution is 2.33. The Kier molecular flexibility index (Phi) is 5.89. The lowest BCUT2D eigenvalue weighted by Crippen LogP contribution is -2.43. The first kappa shape index (κ1) is 21.5. The Morgan fingerprint density at radius 2 is 1.88 bits per heavy atom. The van der Waals surface area contributed by atoms with Gasteiger partial charge in [0.2, 0.25) is 5.78 Å². The summed E-state index contributed by atoms with van der Waals surface area (Å²) in [6, 6.07) is 11.1. The summed E-state index contributed by atoms with van der Waals surface area (Å²) in [5.74, 6) is -0.392. The number of aromatic nitrogens is 2. The summed E-state index contributed by atoms with van der Waals surface area (Å²) in [6.07, 6.45) is 4.78. The number of piperidine rings is 1. The van der Waals surface area contributed by atoms with Gasteiger partial charge in [0.25, 0.3) is 5.69 Å². The van der Waals surface area contributed by atoms with E-state index in [1.807, 2.05) is 11.9 Å². The molecule has 8 nitrogen and oxygen atoms in total. The monoisotopic (exact) mass is 437 g/mol. The molecule has 1 fully saturated rings. The Morgan fingerprint density at radius 1 is 1.19 bits per heavy atom. The van der Waals surface area contributed by atoms with Gasteiger partial charge in [-0.25, -0.2) is 9.37 Å². The SMILES string of the molecule is CN(c1ccc(C(=O)c2nccn2C)cc1[N+](=O)[O-])C1CCN(c2ccc(F)cc2)CC1. The van der Waals surface area contributed by atoms with Crippen molar-refractivity contribution in [1.82, 2.24) is 9.55 Å². The number of anilines is 2. The number of hydrogen-bond acceptors (Lipinski definition) is 6. The molecule has 0 unspecified atom stereocenters. The van der Waals surface area contributed by atoms with Crippen LogP contribution in [0.5, 0.6) is 0 Å². The van der Waals surface area contributed by atoms with Crippen molar-refractivity contribution in [3.8, 4) is 0 Å². The number of carbonyl (C=O) groups is 1. The molecule has 0 radical (unpaired) electrons. The number of imidazole rings is 1. The van der Waals surface area contributed by atoms with Crippen molar-refractivity contribution < 1.29 is 14.1 Å². The van der Waals surface area contributed by atoms with Crippen molar-refractivity contribution in [2.24, 2.45) is 7.05 Å². The van der Waals surface area contributed by atoms with Gasteiger partial charge >= 0.3 is 0 Å². The second-order valence-electron chi connectivity index (χ2n) is 7.96. The summed E-state index contributed by atoms with van der Waals surface area (Å²) in [4.78, 5) is 32.2. The maximum absolute atomic E-state index is 13.2. The zero-order valence-electron chi connectivity index (χ0n) is 17.9. The highest BCUT2D eigenvalue weighted by Gasteiger charge is 2.28. The number of halogens is 1. The third-order valence-electron chi connectivity index (χ3n) is 6.04. The van der Waals surface area contributed by atoms with E-state index >= 15 is 0 Å². The van der Waals surface area contributed by atoms with Crippen molar-refractivity contribution in [2.75, 3.05) is 29.9 Å². The van der Waals surface area contributed by atoms with Crippen LogP contribution in [0, 0.1) is 15.9 Å². The molecule has 3 aromatic rings. The Hall–Kier alpha value is -3.75. The van der Waals surface area contributed by atoms with Gasteiger partial charge in [0.05, 0.1) is 4.92 Å². The molecule has 32 heavy (non-hydrogen) atoms. The number of hydrogen-bond donors (Lipinski definition) is 0. The molecule has 1 aromatic heterocycles. The third kappa shape index (κ3) is 4.18.